The summed E-state index contributed by atoms with van der Waals surface area (Å²) in [4.78, 5) is 0. The summed E-state index contributed by atoms with van der Waals surface area (Å²) in [7, 11) is 0. The van der Waals surface area contributed by atoms with Crippen LogP contribution in [-0.4, -0.2) is 24.8 Å². The van der Waals surface area contributed by atoms with Crippen LogP contribution in [0.15, 0.2) is 0 Å². The van der Waals surface area contributed by atoms with Crippen LogP contribution in [0.3, 0.4) is 0 Å². The monoisotopic (exact) mass is 227 g/mol. The molecule has 0 bridgehead atoms. The Kier molecular flexibility index (Phi) is 7.06. The smallest absolute Gasteiger partial charge is 0.0732 e. The molecule has 0 aliphatic carbocycles. The lowest BCUT2D eigenvalue weighted by Crippen LogP contribution is -2.40. The molecule has 0 aromatic heterocycles. The number of ether oxygens (including phenoxy) is 1. The maximum Gasteiger partial charge on any atom is 0.0732 e. The summed E-state index contributed by atoms with van der Waals surface area (Å²) < 4.78 is 5.99. The fourth-order valence-corrected chi connectivity index (χ4v) is 2.49. The summed E-state index contributed by atoms with van der Waals surface area (Å²) in [6, 6.07) is 0.594. The van der Waals surface area contributed by atoms with Crippen LogP contribution >= 0.6 is 0 Å². The molecule has 0 saturated carbocycles. The molecule has 3 unspecified atom stereocenters. The van der Waals surface area contributed by atoms with Gasteiger partial charge in [0.1, 0.15) is 0 Å². The molecule has 1 aliphatic rings. The minimum absolute atomic E-state index is 0.471. The Labute approximate surface area is 101 Å². The highest BCUT2D eigenvalue weighted by molar-refractivity contribution is 4.82. The predicted molar refractivity (Wildman–Crippen MR) is 69.8 cm³/mol. The quantitative estimate of drug-likeness (QED) is 0.641. The molecule has 1 N–H and O–H groups in total. The third-order valence-corrected chi connectivity index (χ3v) is 3.49. The van der Waals surface area contributed by atoms with Gasteiger partial charge in [-0.3, -0.25) is 0 Å². The van der Waals surface area contributed by atoms with E-state index in [0.29, 0.717) is 18.2 Å². The Balaban J connectivity index is 2.30. The lowest BCUT2D eigenvalue weighted by Gasteiger charge is -2.24. The SMILES string of the molecule is CCCCCC(NCCC)C1CCC(C)O1. The fraction of sp³-hybridized carbons (Fsp3) is 1.00. The van der Waals surface area contributed by atoms with Crippen LogP contribution < -0.4 is 5.32 Å². The molecule has 96 valence electrons. The lowest BCUT2D eigenvalue weighted by atomic mass is 10.0. The highest BCUT2D eigenvalue weighted by atomic mass is 16.5. The molecule has 0 spiro atoms. The van der Waals surface area contributed by atoms with E-state index >= 15 is 0 Å². The van der Waals surface area contributed by atoms with Gasteiger partial charge in [-0.2, -0.15) is 0 Å². The normalized spacial score (nSPS) is 27.2. The van der Waals surface area contributed by atoms with Gasteiger partial charge in [0.2, 0.25) is 0 Å². The molecule has 3 atom stereocenters. The van der Waals surface area contributed by atoms with Crippen LogP contribution in [-0.2, 0) is 4.74 Å². The van der Waals surface area contributed by atoms with Gasteiger partial charge in [0.15, 0.2) is 0 Å². The molecule has 2 heteroatoms. The van der Waals surface area contributed by atoms with E-state index in [0.717, 1.165) is 6.54 Å². The van der Waals surface area contributed by atoms with E-state index in [1.165, 1.54) is 44.9 Å². The Bertz CT molecular complexity index is 172. The van der Waals surface area contributed by atoms with Crippen LogP contribution in [0.25, 0.3) is 0 Å². The van der Waals surface area contributed by atoms with Crippen molar-refractivity contribution in [1.82, 2.24) is 5.32 Å². The summed E-state index contributed by atoms with van der Waals surface area (Å²) in [6.45, 7) is 7.82. The summed E-state index contributed by atoms with van der Waals surface area (Å²) in [5.41, 5.74) is 0. The third-order valence-electron chi connectivity index (χ3n) is 3.49. The van der Waals surface area contributed by atoms with Gasteiger partial charge in [-0.15, -0.1) is 0 Å². The number of unbranched alkanes of at least 4 members (excludes halogenated alkanes) is 2. The maximum absolute atomic E-state index is 5.99. The first-order valence-electron chi connectivity index (χ1n) is 7.16. The fourth-order valence-electron chi connectivity index (χ4n) is 2.49. The van der Waals surface area contributed by atoms with Gasteiger partial charge in [0.25, 0.3) is 0 Å². The summed E-state index contributed by atoms with van der Waals surface area (Å²) in [5.74, 6) is 0. The molecule has 0 aromatic carbocycles. The molecule has 1 saturated heterocycles. The van der Waals surface area contributed by atoms with Gasteiger partial charge in [0.05, 0.1) is 12.2 Å². The van der Waals surface area contributed by atoms with Gasteiger partial charge in [-0.05, 0) is 39.2 Å². The van der Waals surface area contributed by atoms with Crippen molar-refractivity contribution in [2.45, 2.75) is 84.0 Å². The van der Waals surface area contributed by atoms with Gasteiger partial charge < -0.3 is 10.1 Å². The first-order chi connectivity index (χ1) is 7.77. The zero-order valence-corrected chi connectivity index (χ0v) is 11.3. The second kappa shape index (κ2) is 8.08. The van der Waals surface area contributed by atoms with Crippen molar-refractivity contribution in [1.29, 1.82) is 0 Å². The van der Waals surface area contributed by atoms with Crippen LogP contribution in [0.2, 0.25) is 0 Å². The number of nitrogens with one attached hydrogen (secondary N) is 1. The largest absolute Gasteiger partial charge is 0.374 e. The third kappa shape index (κ3) is 4.84. The van der Waals surface area contributed by atoms with E-state index in [2.05, 4.69) is 26.1 Å². The molecule has 0 aromatic rings. The van der Waals surface area contributed by atoms with Crippen molar-refractivity contribution >= 4 is 0 Å². The van der Waals surface area contributed by atoms with Crippen LogP contribution in [0.4, 0.5) is 0 Å². The molecule has 1 aliphatic heterocycles. The highest BCUT2D eigenvalue weighted by Crippen LogP contribution is 2.24. The van der Waals surface area contributed by atoms with Crippen molar-refractivity contribution in [3.05, 3.63) is 0 Å². The number of rotatable bonds is 8. The van der Waals surface area contributed by atoms with Crippen molar-refractivity contribution in [3.8, 4) is 0 Å². The van der Waals surface area contributed by atoms with Crippen LogP contribution in [0.5, 0.6) is 0 Å². The van der Waals surface area contributed by atoms with E-state index in [4.69, 9.17) is 4.74 Å². The van der Waals surface area contributed by atoms with Gasteiger partial charge in [0, 0.05) is 6.04 Å². The van der Waals surface area contributed by atoms with Gasteiger partial charge in [-0.25, -0.2) is 0 Å². The van der Waals surface area contributed by atoms with Crippen molar-refractivity contribution < 1.29 is 4.74 Å². The van der Waals surface area contributed by atoms with E-state index in [9.17, 15) is 0 Å². The molecule has 16 heavy (non-hydrogen) atoms. The highest BCUT2D eigenvalue weighted by Gasteiger charge is 2.28. The second-order valence-electron chi connectivity index (χ2n) is 5.12. The van der Waals surface area contributed by atoms with Crippen molar-refractivity contribution in [2.75, 3.05) is 6.54 Å². The molecular weight excluding hydrogens is 198 g/mol. The van der Waals surface area contributed by atoms with E-state index < -0.39 is 0 Å². The number of hydrogen-bond donors (Lipinski definition) is 1. The van der Waals surface area contributed by atoms with Crippen molar-refractivity contribution in [2.24, 2.45) is 0 Å². The zero-order chi connectivity index (χ0) is 11.8. The summed E-state index contributed by atoms with van der Waals surface area (Å²) in [6.07, 6.45) is 9.93. The summed E-state index contributed by atoms with van der Waals surface area (Å²) in [5, 5.41) is 3.67. The van der Waals surface area contributed by atoms with Gasteiger partial charge >= 0.3 is 0 Å². The second-order valence-corrected chi connectivity index (χ2v) is 5.12. The zero-order valence-electron chi connectivity index (χ0n) is 11.3. The van der Waals surface area contributed by atoms with E-state index in [1.807, 2.05) is 0 Å². The van der Waals surface area contributed by atoms with E-state index in [-0.39, 0.29) is 0 Å². The molecule has 1 fully saturated rings. The minimum atomic E-state index is 0.471. The van der Waals surface area contributed by atoms with E-state index in [1.54, 1.807) is 0 Å². The Morgan fingerprint density at radius 1 is 1.19 bits per heavy atom. The average Bonchev–Trinajstić information content (AvgIpc) is 2.70. The minimum Gasteiger partial charge on any atom is -0.374 e. The molecule has 1 heterocycles. The van der Waals surface area contributed by atoms with Crippen LogP contribution in [0, 0.1) is 0 Å². The summed E-state index contributed by atoms with van der Waals surface area (Å²) >= 11 is 0. The standard InChI is InChI=1S/C14H29NO/c1-4-6-7-8-13(15-11-5-2)14-10-9-12(3)16-14/h12-15H,4-11H2,1-3H3. The van der Waals surface area contributed by atoms with Crippen LogP contribution in [0.1, 0.15) is 65.7 Å². The lowest BCUT2D eigenvalue weighted by molar-refractivity contribution is 0.0295. The topological polar surface area (TPSA) is 21.3 Å². The maximum atomic E-state index is 5.99. The molecular formula is C14H29NO. The molecule has 1 rings (SSSR count). The predicted octanol–water partition coefficient (Wildman–Crippen LogP) is 3.50. The first-order valence-corrected chi connectivity index (χ1v) is 7.16. The molecule has 2 nitrogen and oxygen atoms in total. The first kappa shape index (κ1) is 14.0. The van der Waals surface area contributed by atoms with Gasteiger partial charge in [-0.1, -0.05) is 33.1 Å². The number of hydrogen-bond acceptors (Lipinski definition) is 2. The Morgan fingerprint density at radius 3 is 2.56 bits per heavy atom. The average molecular weight is 227 g/mol. The Morgan fingerprint density at radius 2 is 2.00 bits per heavy atom. The van der Waals surface area contributed by atoms with Crippen molar-refractivity contribution in [3.63, 3.8) is 0 Å². The molecule has 0 amide bonds. The Hall–Kier alpha value is -0.0800. The molecule has 0 radical (unpaired) electrons.